The van der Waals surface area contributed by atoms with Gasteiger partial charge in [-0.1, -0.05) is 6.07 Å². The van der Waals surface area contributed by atoms with Crippen LogP contribution in [0, 0.1) is 10.1 Å². The maximum Gasteiger partial charge on any atom is 0.271 e. The molecule has 0 aliphatic carbocycles. The van der Waals surface area contributed by atoms with Crippen molar-refractivity contribution in [3.63, 3.8) is 0 Å². The summed E-state index contributed by atoms with van der Waals surface area (Å²) in [4.78, 5) is 21.8. The molecule has 1 heterocycles. The molecule has 2 rings (SSSR count). The van der Waals surface area contributed by atoms with Crippen molar-refractivity contribution in [1.29, 1.82) is 0 Å². The third-order valence-electron chi connectivity index (χ3n) is 2.56. The van der Waals surface area contributed by atoms with Crippen LogP contribution in [0.1, 0.15) is 12.0 Å². The minimum absolute atomic E-state index is 0.0318. The van der Waals surface area contributed by atoms with Crippen molar-refractivity contribution in [1.82, 2.24) is 0 Å². The minimum Gasteiger partial charge on any atom is -0.326 e. The van der Waals surface area contributed by atoms with E-state index in [-0.39, 0.29) is 11.6 Å². The molecule has 0 aliphatic rings. The number of aryl methyl sites for hydroxylation is 1. The Labute approximate surface area is 114 Å². The van der Waals surface area contributed by atoms with E-state index in [0.29, 0.717) is 18.5 Å². The Kier molecular flexibility index (Phi) is 4.25. The number of nitrogens with zero attached hydrogens (tertiary/aromatic N) is 1. The summed E-state index contributed by atoms with van der Waals surface area (Å²) in [5.41, 5.74) is 1.54. The van der Waals surface area contributed by atoms with Crippen LogP contribution >= 0.6 is 11.3 Å². The van der Waals surface area contributed by atoms with E-state index in [2.05, 4.69) is 5.32 Å². The number of nitrogens with one attached hydrogen (secondary N) is 1. The van der Waals surface area contributed by atoms with Gasteiger partial charge < -0.3 is 5.32 Å². The maximum absolute atomic E-state index is 11.7. The summed E-state index contributed by atoms with van der Waals surface area (Å²) in [5, 5.41) is 17.2. The van der Waals surface area contributed by atoms with Crippen molar-refractivity contribution in [2.45, 2.75) is 12.8 Å². The third kappa shape index (κ3) is 3.89. The highest BCUT2D eigenvalue weighted by Gasteiger charge is 2.08. The maximum atomic E-state index is 11.7. The smallest absolute Gasteiger partial charge is 0.271 e. The number of carbonyl (C=O) groups is 1. The molecule has 0 saturated carbocycles. The second-order valence-corrected chi connectivity index (χ2v) is 4.77. The molecule has 0 atom stereocenters. The molecular weight excluding hydrogens is 264 g/mol. The van der Waals surface area contributed by atoms with Crippen LogP contribution in [0.25, 0.3) is 0 Å². The van der Waals surface area contributed by atoms with Crippen molar-refractivity contribution in [3.05, 3.63) is 56.8 Å². The number of amides is 1. The first kappa shape index (κ1) is 13.2. The molecule has 0 aliphatic heterocycles. The van der Waals surface area contributed by atoms with Gasteiger partial charge in [0.15, 0.2) is 0 Å². The lowest BCUT2D eigenvalue weighted by atomic mass is 10.2. The normalized spacial score (nSPS) is 10.1. The fourth-order valence-corrected chi connectivity index (χ4v) is 2.32. The number of hydrogen-bond acceptors (Lipinski definition) is 4. The highest BCUT2D eigenvalue weighted by atomic mass is 32.1. The summed E-state index contributed by atoms with van der Waals surface area (Å²) >= 11 is 1.59. The Bertz CT molecular complexity index is 581. The van der Waals surface area contributed by atoms with E-state index in [4.69, 9.17) is 0 Å². The summed E-state index contributed by atoms with van der Waals surface area (Å²) in [6, 6.07) is 7.90. The van der Waals surface area contributed by atoms with Gasteiger partial charge in [0, 0.05) is 24.2 Å². The fourth-order valence-electron chi connectivity index (χ4n) is 1.61. The molecule has 0 bridgehead atoms. The van der Waals surface area contributed by atoms with E-state index < -0.39 is 4.92 Å². The van der Waals surface area contributed by atoms with Gasteiger partial charge in [-0.05, 0) is 34.9 Å². The molecule has 0 spiro atoms. The second kappa shape index (κ2) is 6.10. The van der Waals surface area contributed by atoms with Crippen LogP contribution < -0.4 is 5.32 Å². The average molecular weight is 276 g/mol. The molecule has 1 aromatic heterocycles. The number of non-ortho nitro benzene ring substituents is 1. The summed E-state index contributed by atoms with van der Waals surface area (Å²) < 4.78 is 0. The molecule has 2 aromatic rings. The van der Waals surface area contributed by atoms with Crippen LogP contribution in [0.4, 0.5) is 11.4 Å². The zero-order chi connectivity index (χ0) is 13.7. The van der Waals surface area contributed by atoms with Crippen molar-refractivity contribution in [2.24, 2.45) is 0 Å². The van der Waals surface area contributed by atoms with Gasteiger partial charge in [0.05, 0.1) is 4.92 Å². The molecule has 0 unspecified atom stereocenters. The molecule has 19 heavy (non-hydrogen) atoms. The summed E-state index contributed by atoms with van der Waals surface area (Å²) in [7, 11) is 0. The quantitative estimate of drug-likeness (QED) is 0.673. The van der Waals surface area contributed by atoms with E-state index >= 15 is 0 Å². The van der Waals surface area contributed by atoms with Crippen LogP contribution in [0.5, 0.6) is 0 Å². The number of hydrogen-bond donors (Lipinski definition) is 1. The van der Waals surface area contributed by atoms with Crippen LogP contribution in [0.2, 0.25) is 0 Å². The number of anilines is 1. The Balaban J connectivity index is 1.91. The predicted octanol–water partition coefficient (Wildman–Crippen LogP) is 3.23. The van der Waals surface area contributed by atoms with Crippen molar-refractivity contribution in [3.8, 4) is 0 Å². The molecule has 0 saturated heterocycles. The third-order valence-corrected chi connectivity index (χ3v) is 3.29. The molecular formula is C13H12N2O3S. The van der Waals surface area contributed by atoms with Crippen molar-refractivity contribution >= 4 is 28.6 Å². The molecule has 1 amide bonds. The van der Waals surface area contributed by atoms with Crippen molar-refractivity contribution in [2.75, 3.05) is 5.32 Å². The lowest BCUT2D eigenvalue weighted by Gasteiger charge is -2.04. The van der Waals surface area contributed by atoms with Gasteiger partial charge in [-0.3, -0.25) is 14.9 Å². The molecule has 0 radical (unpaired) electrons. The highest BCUT2D eigenvalue weighted by Crippen LogP contribution is 2.17. The Morgan fingerprint density at radius 2 is 2.21 bits per heavy atom. The van der Waals surface area contributed by atoms with Crippen LogP contribution in [0.3, 0.4) is 0 Å². The molecule has 98 valence electrons. The summed E-state index contributed by atoms with van der Waals surface area (Å²) in [6.45, 7) is 0. The lowest BCUT2D eigenvalue weighted by molar-refractivity contribution is -0.384. The van der Waals surface area contributed by atoms with Gasteiger partial charge in [-0.15, -0.1) is 0 Å². The van der Waals surface area contributed by atoms with Gasteiger partial charge in [0.2, 0.25) is 5.91 Å². The Morgan fingerprint density at radius 3 is 2.89 bits per heavy atom. The topological polar surface area (TPSA) is 72.2 Å². The zero-order valence-electron chi connectivity index (χ0n) is 10.0. The van der Waals surface area contributed by atoms with E-state index in [1.165, 1.54) is 12.1 Å². The number of rotatable bonds is 5. The van der Waals surface area contributed by atoms with Gasteiger partial charge in [-0.25, -0.2) is 0 Å². The van der Waals surface area contributed by atoms with Crippen molar-refractivity contribution < 1.29 is 9.72 Å². The standard InChI is InChI=1S/C13H12N2O3S/c16-13(5-4-10-6-7-19-9-10)14-11-2-1-3-12(8-11)15(17)18/h1-3,6-9H,4-5H2,(H,14,16). The zero-order valence-corrected chi connectivity index (χ0v) is 10.9. The first-order valence-electron chi connectivity index (χ1n) is 5.70. The Morgan fingerprint density at radius 1 is 1.37 bits per heavy atom. The molecule has 6 heteroatoms. The molecule has 1 N–H and O–H groups in total. The summed E-state index contributed by atoms with van der Waals surface area (Å²) in [5.74, 6) is -0.147. The van der Waals surface area contributed by atoms with E-state index in [0.717, 1.165) is 5.56 Å². The van der Waals surface area contributed by atoms with E-state index in [1.807, 2.05) is 16.8 Å². The van der Waals surface area contributed by atoms with E-state index in [9.17, 15) is 14.9 Å². The predicted molar refractivity (Wildman–Crippen MR) is 74.4 cm³/mol. The fraction of sp³-hybridized carbons (Fsp3) is 0.154. The van der Waals surface area contributed by atoms with Crippen LogP contribution in [-0.4, -0.2) is 10.8 Å². The highest BCUT2D eigenvalue weighted by molar-refractivity contribution is 7.07. The second-order valence-electron chi connectivity index (χ2n) is 3.99. The van der Waals surface area contributed by atoms with Gasteiger partial charge in [0.25, 0.3) is 5.69 Å². The van der Waals surface area contributed by atoms with E-state index in [1.54, 1.807) is 23.5 Å². The van der Waals surface area contributed by atoms with Crippen LogP contribution in [-0.2, 0) is 11.2 Å². The average Bonchev–Trinajstić information content (AvgIpc) is 2.90. The number of nitro benzene ring substituents is 1. The number of carbonyl (C=O) groups excluding carboxylic acids is 1. The van der Waals surface area contributed by atoms with Crippen LogP contribution in [0.15, 0.2) is 41.1 Å². The first-order valence-corrected chi connectivity index (χ1v) is 6.65. The number of nitro groups is 1. The van der Waals surface area contributed by atoms with Gasteiger partial charge >= 0.3 is 0 Å². The monoisotopic (exact) mass is 276 g/mol. The summed E-state index contributed by atoms with van der Waals surface area (Å²) in [6.07, 6.45) is 1.03. The first-order chi connectivity index (χ1) is 9.15. The lowest BCUT2D eigenvalue weighted by Crippen LogP contribution is -2.12. The molecule has 0 fully saturated rings. The largest absolute Gasteiger partial charge is 0.326 e. The Hall–Kier alpha value is -2.21. The number of thiophene rings is 1. The molecule has 1 aromatic carbocycles. The van der Waals surface area contributed by atoms with Gasteiger partial charge in [-0.2, -0.15) is 11.3 Å². The SMILES string of the molecule is O=C(CCc1ccsc1)Nc1cccc([N+](=O)[O-])c1. The van der Waals surface area contributed by atoms with Gasteiger partial charge in [0.1, 0.15) is 0 Å². The molecule has 5 nitrogen and oxygen atoms in total. The minimum atomic E-state index is -0.485. The number of benzene rings is 1.